The number of aryl methyl sites for hydroxylation is 1. The zero-order chi connectivity index (χ0) is 15.4. The summed E-state index contributed by atoms with van der Waals surface area (Å²) < 4.78 is 32.9. The molecule has 0 amide bonds. The molecule has 0 saturated heterocycles. The maximum atomic E-state index is 13.3. The Kier molecular flexibility index (Phi) is 5.06. The predicted octanol–water partition coefficient (Wildman–Crippen LogP) is 3.40. The molecule has 7 heteroatoms. The van der Waals surface area contributed by atoms with E-state index < -0.39 is 17.6 Å². The summed E-state index contributed by atoms with van der Waals surface area (Å²) in [6.45, 7) is 2.38. The van der Waals surface area contributed by atoms with E-state index in [9.17, 15) is 13.6 Å². The third-order valence-electron chi connectivity index (χ3n) is 2.72. The van der Waals surface area contributed by atoms with E-state index in [1.807, 2.05) is 0 Å². The van der Waals surface area contributed by atoms with Gasteiger partial charge in [-0.1, -0.05) is 15.9 Å². The first-order chi connectivity index (χ1) is 10.0. The molecule has 0 saturated carbocycles. The first-order valence-corrected chi connectivity index (χ1v) is 7.44. The molecule has 4 nitrogen and oxygen atoms in total. The fourth-order valence-electron chi connectivity index (χ4n) is 1.88. The van der Waals surface area contributed by atoms with Gasteiger partial charge in [-0.3, -0.25) is 4.68 Å². The molecule has 0 atom stereocenters. The highest BCUT2D eigenvalue weighted by Crippen LogP contribution is 2.22. The summed E-state index contributed by atoms with van der Waals surface area (Å²) in [6, 6.07) is 4.58. The minimum atomic E-state index is -0.697. The number of alkyl halides is 1. The Hall–Kier alpha value is -1.76. The number of nitrogens with zero attached hydrogens (tertiary/aromatic N) is 2. The van der Waals surface area contributed by atoms with Crippen LogP contribution >= 0.6 is 15.9 Å². The number of rotatable bonds is 5. The lowest BCUT2D eigenvalue weighted by Gasteiger charge is -2.04. The number of carbonyl (C=O) groups excluding carboxylic acids is 1. The van der Waals surface area contributed by atoms with Crippen LogP contribution in [0.3, 0.4) is 0 Å². The predicted molar refractivity (Wildman–Crippen MR) is 77.3 cm³/mol. The third-order valence-corrected chi connectivity index (χ3v) is 3.07. The van der Waals surface area contributed by atoms with Gasteiger partial charge in [0.1, 0.15) is 17.3 Å². The zero-order valence-electron chi connectivity index (χ0n) is 11.3. The van der Waals surface area contributed by atoms with E-state index in [1.165, 1.54) is 22.9 Å². The van der Waals surface area contributed by atoms with E-state index in [1.54, 1.807) is 6.92 Å². The van der Waals surface area contributed by atoms with E-state index in [4.69, 9.17) is 4.74 Å². The highest BCUT2D eigenvalue weighted by atomic mass is 79.9. The molecule has 0 unspecified atom stereocenters. The molecule has 0 radical (unpaired) electrons. The molecule has 2 aromatic rings. The largest absolute Gasteiger partial charge is 0.461 e. The van der Waals surface area contributed by atoms with Crippen molar-refractivity contribution in [2.24, 2.45) is 0 Å². The van der Waals surface area contributed by atoms with Crippen LogP contribution in [0.1, 0.15) is 17.4 Å². The van der Waals surface area contributed by atoms with Gasteiger partial charge in [-0.15, -0.1) is 0 Å². The molecule has 0 N–H and O–H groups in total. The first-order valence-electron chi connectivity index (χ1n) is 6.32. The van der Waals surface area contributed by atoms with Gasteiger partial charge in [-0.25, -0.2) is 13.6 Å². The molecule has 0 aliphatic carbocycles. The van der Waals surface area contributed by atoms with E-state index in [2.05, 4.69) is 21.0 Å². The van der Waals surface area contributed by atoms with E-state index in [0.717, 1.165) is 6.07 Å². The van der Waals surface area contributed by atoms with Gasteiger partial charge >= 0.3 is 5.97 Å². The van der Waals surface area contributed by atoms with Crippen molar-refractivity contribution in [3.05, 3.63) is 41.6 Å². The summed E-state index contributed by atoms with van der Waals surface area (Å²) in [5.74, 6) is -1.91. The normalized spacial score (nSPS) is 10.7. The number of halogens is 3. The van der Waals surface area contributed by atoms with Crippen LogP contribution in [-0.4, -0.2) is 27.7 Å². The van der Waals surface area contributed by atoms with Crippen molar-refractivity contribution in [2.75, 3.05) is 11.9 Å². The van der Waals surface area contributed by atoms with Crippen molar-refractivity contribution < 1.29 is 18.3 Å². The second-order valence-corrected chi connectivity index (χ2v) is 5.00. The molecule has 21 heavy (non-hydrogen) atoms. The van der Waals surface area contributed by atoms with Gasteiger partial charge in [0, 0.05) is 17.0 Å². The smallest absolute Gasteiger partial charge is 0.356 e. The minimum absolute atomic E-state index is 0.238. The fourth-order valence-corrected chi connectivity index (χ4v) is 2.22. The van der Waals surface area contributed by atoms with Crippen molar-refractivity contribution >= 4 is 21.9 Å². The Labute approximate surface area is 128 Å². The number of ether oxygens (including phenoxy) is 1. The molecular weight excluding hydrogens is 346 g/mol. The number of hydrogen-bond acceptors (Lipinski definition) is 3. The van der Waals surface area contributed by atoms with Crippen LogP contribution in [0.4, 0.5) is 8.78 Å². The zero-order valence-corrected chi connectivity index (χ0v) is 12.9. The van der Waals surface area contributed by atoms with Crippen LogP contribution < -0.4 is 0 Å². The number of benzene rings is 1. The molecule has 2 rings (SSSR count). The molecule has 0 bridgehead atoms. The van der Waals surface area contributed by atoms with Crippen molar-refractivity contribution in [3.63, 3.8) is 0 Å². The molecule has 0 aliphatic heterocycles. The second-order valence-electron chi connectivity index (χ2n) is 4.21. The van der Waals surface area contributed by atoms with Crippen LogP contribution in [-0.2, 0) is 11.3 Å². The monoisotopic (exact) mass is 358 g/mol. The Morgan fingerprint density at radius 3 is 2.52 bits per heavy atom. The molecular formula is C14H13BrF2N2O2. The Morgan fingerprint density at radius 2 is 1.95 bits per heavy atom. The third kappa shape index (κ3) is 3.66. The Bertz CT molecular complexity index is 638. The number of esters is 1. The van der Waals surface area contributed by atoms with Gasteiger partial charge in [-0.05, 0) is 25.1 Å². The van der Waals surface area contributed by atoms with Gasteiger partial charge in [0.05, 0.1) is 18.8 Å². The van der Waals surface area contributed by atoms with Crippen LogP contribution in [0.2, 0.25) is 0 Å². The van der Waals surface area contributed by atoms with Crippen LogP contribution in [0.25, 0.3) is 11.3 Å². The summed E-state index contributed by atoms with van der Waals surface area (Å²) in [5.41, 5.74) is 0.833. The SMILES string of the molecule is CCOC(=O)c1cc(-c2cc(F)cc(F)c2)nn1CCBr. The fraction of sp³-hybridized carbons (Fsp3) is 0.286. The Balaban J connectivity index is 2.45. The van der Waals surface area contributed by atoms with Crippen LogP contribution in [0.15, 0.2) is 24.3 Å². The van der Waals surface area contributed by atoms with E-state index >= 15 is 0 Å². The lowest BCUT2D eigenvalue weighted by Crippen LogP contribution is -2.13. The maximum Gasteiger partial charge on any atom is 0.356 e. The molecule has 112 valence electrons. The van der Waals surface area contributed by atoms with Gasteiger partial charge in [0.25, 0.3) is 0 Å². The van der Waals surface area contributed by atoms with Crippen molar-refractivity contribution in [3.8, 4) is 11.3 Å². The average molecular weight is 359 g/mol. The molecule has 1 aromatic carbocycles. The lowest BCUT2D eigenvalue weighted by atomic mass is 10.1. The second kappa shape index (κ2) is 6.80. The van der Waals surface area contributed by atoms with Gasteiger partial charge in [0.2, 0.25) is 0 Å². The number of aromatic nitrogens is 2. The number of carbonyl (C=O) groups is 1. The quantitative estimate of drug-likeness (QED) is 0.607. The average Bonchev–Trinajstić information content (AvgIpc) is 2.82. The topological polar surface area (TPSA) is 44.1 Å². The summed E-state index contributed by atoms with van der Waals surface area (Å²) in [5, 5.41) is 4.79. The highest BCUT2D eigenvalue weighted by molar-refractivity contribution is 9.09. The summed E-state index contributed by atoms with van der Waals surface area (Å²) in [4.78, 5) is 11.9. The van der Waals surface area contributed by atoms with Crippen molar-refractivity contribution in [1.82, 2.24) is 9.78 Å². The van der Waals surface area contributed by atoms with Gasteiger partial charge in [-0.2, -0.15) is 5.10 Å². The summed E-state index contributed by atoms with van der Waals surface area (Å²) in [6.07, 6.45) is 0. The molecule has 0 fully saturated rings. The summed E-state index contributed by atoms with van der Waals surface area (Å²) >= 11 is 3.26. The number of hydrogen-bond donors (Lipinski definition) is 0. The van der Waals surface area contributed by atoms with Crippen LogP contribution in [0, 0.1) is 11.6 Å². The molecule has 0 spiro atoms. The van der Waals surface area contributed by atoms with Crippen molar-refractivity contribution in [1.29, 1.82) is 0 Å². The molecule has 1 heterocycles. The highest BCUT2D eigenvalue weighted by Gasteiger charge is 2.17. The standard InChI is InChI=1S/C14H13BrF2N2O2/c1-2-21-14(20)13-8-12(18-19(13)4-3-15)9-5-10(16)7-11(17)6-9/h5-8H,2-4H2,1H3. The molecule has 0 aliphatic rings. The van der Waals surface area contributed by atoms with Gasteiger partial charge < -0.3 is 4.74 Å². The maximum absolute atomic E-state index is 13.3. The van der Waals surface area contributed by atoms with E-state index in [-0.39, 0.29) is 17.9 Å². The van der Waals surface area contributed by atoms with E-state index in [0.29, 0.717) is 17.6 Å². The van der Waals surface area contributed by atoms with Gasteiger partial charge in [0.15, 0.2) is 0 Å². The molecule has 1 aromatic heterocycles. The first kappa shape index (κ1) is 15.6. The minimum Gasteiger partial charge on any atom is -0.461 e. The van der Waals surface area contributed by atoms with Crippen LogP contribution in [0.5, 0.6) is 0 Å². The Morgan fingerprint density at radius 1 is 1.29 bits per heavy atom. The van der Waals surface area contributed by atoms with Crippen molar-refractivity contribution in [2.45, 2.75) is 13.5 Å². The lowest BCUT2D eigenvalue weighted by molar-refractivity contribution is 0.0512. The summed E-state index contributed by atoms with van der Waals surface area (Å²) in [7, 11) is 0.